The van der Waals surface area contributed by atoms with Gasteiger partial charge in [-0.3, -0.25) is 0 Å². The van der Waals surface area contributed by atoms with Crippen LogP contribution in [0, 0.1) is 11.3 Å². The molecule has 0 aliphatic carbocycles. The van der Waals surface area contributed by atoms with Crippen molar-refractivity contribution in [3.8, 4) is 6.07 Å². The zero-order valence-corrected chi connectivity index (χ0v) is 12.2. The minimum atomic E-state index is 0.231. The molecule has 0 bridgehead atoms. The van der Waals surface area contributed by atoms with Crippen LogP contribution in [-0.4, -0.2) is 4.98 Å². The highest BCUT2D eigenvalue weighted by molar-refractivity contribution is 9.10. The topological polar surface area (TPSA) is 48.7 Å². The van der Waals surface area contributed by atoms with Gasteiger partial charge >= 0.3 is 0 Å². The van der Waals surface area contributed by atoms with E-state index in [2.05, 4.69) is 39.2 Å². The fourth-order valence-corrected chi connectivity index (χ4v) is 2.48. The number of benzene rings is 1. The summed E-state index contributed by atoms with van der Waals surface area (Å²) in [6.45, 7) is 2.83. The summed E-state index contributed by atoms with van der Waals surface area (Å²) in [7, 11) is 0. The van der Waals surface area contributed by atoms with Crippen molar-refractivity contribution in [1.82, 2.24) is 10.3 Å². The van der Waals surface area contributed by atoms with Gasteiger partial charge in [0.15, 0.2) is 0 Å². The summed E-state index contributed by atoms with van der Waals surface area (Å²) >= 11 is 3.55. The van der Waals surface area contributed by atoms with E-state index >= 15 is 0 Å². The second-order valence-electron chi connectivity index (χ2n) is 4.29. The van der Waals surface area contributed by atoms with Gasteiger partial charge in [0.05, 0.1) is 0 Å². The molecule has 0 aliphatic heterocycles. The Bertz CT molecular complexity index is 604. The lowest BCUT2D eigenvalue weighted by Crippen LogP contribution is -2.18. The van der Waals surface area contributed by atoms with Crippen molar-refractivity contribution >= 4 is 15.9 Å². The van der Waals surface area contributed by atoms with Gasteiger partial charge in [0.2, 0.25) is 0 Å². The van der Waals surface area contributed by atoms with E-state index in [1.807, 2.05) is 30.3 Å². The summed E-state index contributed by atoms with van der Waals surface area (Å²) in [6, 6.07) is 14.2. The zero-order chi connectivity index (χ0) is 13.7. The molecule has 0 aliphatic rings. The maximum absolute atomic E-state index is 8.81. The molecule has 3 nitrogen and oxygen atoms in total. The van der Waals surface area contributed by atoms with Crippen molar-refractivity contribution in [2.45, 2.75) is 19.5 Å². The van der Waals surface area contributed by atoms with Crippen LogP contribution in [-0.2, 0) is 6.54 Å². The maximum Gasteiger partial charge on any atom is 0.140 e. The van der Waals surface area contributed by atoms with E-state index in [1.54, 1.807) is 12.3 Å². The average molecular weight is 316 g/mol. The minimum Gasteiger partial charge on any atom is -0.306 e. The molecule has 1 aromatic heterocycles. The standard InChI is InChI=1S/C15H14BrN3/c1-11(14-4-2-3-5-15(14)16)19-10-12-6-7-18-13(8-12)9-17/h2-8,11,19H,10H2,1H3/t11-/m1/s1. The Morgan fingerprint density at radius 1 is 1.37 bits per heavy atom. The Hall–Kier alpha value is -1.70. The van der Waals surface area contributed by atoms with Crippen molar-refractivity contribution < 1.29 is 0 Å². The van der Waals surface area contributed by atoms with E-state index in [1.165, 1.54) is 5.56 Å². The molecular weight excluding hydrogens is 302 g/mol. The van der Waals surface area contributed by atoms with Gasteiger partial charge in [-0.25, -0.2) is 4.98 Å². The molecule has 1 N–H and O–H groups in total. The molecule has 0 unspecified atom stereocenters. The number of pyridine rings is 1. The van der Waals surface area contributed by atoms with Crippen molar-refractivity contribution in [1.29, 1.82) is 5.26 Å². The van der Waals surface area contributed by atoms with Crippen LogP contribution < -0.4 is 5.32 Å². The minimum absolute atomic E-state index is 0.231. The van der Waals surface area contributed by atoms with Gasteiger partial charge in [0, 0.05) is 23.3 Å². The highest BCUT2D eigenvalue weighted by Gasteiger charge is 2.08. The molecule has 0 saturated carbocycles. The molecule has 0 fully saturated rings. The SMILES string of the molecule is C[C@@H](NCc1ccnc(C#N)c1)c1ccccc1Br. The lowest BCUT2D eigenvalue weighted by molar-refractivity contribution is 0.572. The molecule has 1 aromatic carbocycles. The fraction of sp³-hybridized carbons (Fsp3) is 0.200. The van der Waals surface area contributed by atoms with Crippen LogP contribution in [0.4, 0.5) is 0 Å². The van der Waals surface area contributed by atoms with Gasteiger partial charge in [-0.1, -0.05) is 34.1 Å². The predicted molar refractivity (Wildman–Crippen MR) is 78.3 cm³/mol. The number of nitrogens with one attached hydrogen (secondary N) is 1. The number of rotatable bonds is 4. The van der Waals surface area contributed by atoms with Crippen LogP contribution >= 0.6 is 15.9 Å². The third-order valence-corrected chi connectivity index (χ3v) is 3.65. The molecule has 4 heteroatoms. The van der Waals surface area contributed by atoms with E-state index in [0.717, 1.165) is 10.0 Å². The monoisotopic (exact) mass is 315 g/mol. The van der Waals surface area contributed by atoms with Crippen molar-refractivity contribution in [2.75, 3.05) is 0 Å². The van der Waals surface area contributed by atoms with E-state index in [0.29, 0.717) is 12.2 Å². The van der Waals surface area contributed by atoms with E-state index < -0.39 is 0 Å². The molecule has 0 amide bonds. The number of aromatic nitrogens is 1. The number of nitriles is 1. The lowest BCUT2D eigenvalue weighted by atomic mass is 10.1. The first-order valence-corrected chi connectivity index (χ1v) is 6.83. The van der Waals surface area contributed by atoms with Gasteiger partial charge in [0.1, 0.15) is 11.8 Å². The summed E-state index contributed by atoms with van der Waals surface area (Å²) in [5.74, 6) is 0. The molecule has 19 heavy (non-hydrogen) atoms. The van der Waals surface area contributed by atoms with E-state index in [9.17, 15) is 0 Å². The molecule has 0 radical (unpaired) electrons. The Kier molecular flexibility index (Phi) is 4.67. The second-order valence-corrected chi connectivity index (χ2v) is 5.14. The van der Waals surface area contributed by atoms with Crippen LogP contribution in [0.15, 0.2) is 47.1 Å². The van der Waals surface area contributed by atoms with Gasteiger partial charge in [0.25, 0.3) is 0 Å². The van der Waals surface area contributed by atoms with Gasteiger partial charge in [-0.05, 0) is 36.2 Å². The van der Waals surface area contributed by atoms with Crippen molar-refractivity contribution in [3.05, 3.63) is 63.9 Å². The number of hydrogen-bond acceptors (Lipinski definition) is 3. The number of halogens is 1. The summed E-state index contributed by atoms with van der Waals surface area (Å²) in [5.41, 5.74) is 2.73. The van der Waals surface area contributed by atoms with Crippen LogP contribution in [0.1, 0.15) is 29.8 Å². The quantitative estimate of drug-likeness (QED) is 0.938. The Morgan fingerprint density at radius 2 is 2.16 bits per heavy atom. The van der Waals surface area contributed by atoms with Crippen LogP contribution in [0.3, 0.4) is 0 Å². The van der Waals surface area contributed by atoms with Crippen LogP contribution in [0.5, 0.6) is 0 Å². The zero-order valence-electron chi connectivity index (χ0n) is 10.6. The Balaban J connectivity index is 2.03. The second kappa shape index (κ2) is 6.46. The highest BCUT2D eigenvalue weighted by atomic mass is 79.9. The first kappa shape index (κ1) is 13.7. The molecule has 1 heterocycles. The van der Waals surface area contributed by atoms with Crippen molar-refractivity contribution in [2.24, 2.45) is 0 Å². The molecule has 0 spiro atoms. The van der Waals surface area contributed by atoms with E-state index in [4.69, 9.17) is 5.26 Å². The molecule has 1 atom stereocenters. The largest absolute Gasteiger partial charge is 0.306 e. The molecular formula is C15H14BrN3. The maximum atomic E-state index is 8.81. The molecule has 2 aromatic rings. The van der Waals surface area contributed by atoms with Crippen molar-refractivity contribution in [3.63, 3.8) is 0 Å². The Labute approximate surface area is 121 Å². The normalized spacial score (nSPS) is 11.8. The number of hydrogen-bond donors (Lipinski definition) is 1. The predicted octanol–water partition coefficient (Wildman–Crippen LogP) is 3.57. The third kappa shape index (κ3) is 3.63. The first-order chi connectivity index (χ1) is 9.20. The number of nitrogens with zero attached hydrogens (tertiary/aromatic N) is 2. The highest BCUT2D eigenvalue weighted by Crippen LogP contribution is 2.22. The van der Waals surface area contributed by atoms with Crippen LogP contribution in [0.2, 0.25) is 0 Å². The molecule has 96 valence electrons. The van der Waals surface area contributed by atoms with Gasteiger partial charge < -0.3 is 5.32 Å². The molecule has 0 saturated heterocycles. The van der Waals surface area contributed by atoms with Gasteiger partial charge in [-0.15, -0.1) is 0 Å². The summed E-state index contributed by atoms with van der Waals surface area (Å²) in [4.78, 5) is 3.96. The summed E-state index contributed by atoms with van der Waals surface area (Å²) in [6.07, 6.45) is 1.67. The first-order valence-electron chi connectivity index (χ1n) is 6.03. The summed E-state index contributed by atoms with van der Waals surface area (Å²) < 4.78 is 1.10. The fourth-order valence-electron chi connectivity index (χ4n) is 1.85. The van der Waals surface area contributed by atoms with Gasteiger partial charge in [-0.2, -0.15) is 5.26 Å². The third-order valence-electron chi connectivity index (χ3n) is 2.92. The van der Waals surface area contributed by atoms with E-state index in [-0.39, 0.29) is 6.04 Å². The Morgan fingerprint density at radius 3 is 2.89 bits per heavy atom. The van der Waals surface area contributed by atoms with Crippen LogP contribution in [0.25, 0.3) is 0 Å². The average Bonchev–Trinajstić information content (AvgIpc) is 2.45. The smallest absolute Gasteiger partial charge is 0.140 e. The lowest BCUT2D eigenvalue weighted by Gasteiger charge is -2.15. The molecule has 2 rings (SSSR count). The summed E-state index contributed by atoms with van der Waals surface area (Å²) in [5, 5.41) is 12.3.